The van der Waals surface area contributed by atoms with Crippen molar-refractivity contribution in [3.63, 3.8) is 0 Å². The molecule has 2 heterocycles. The van der Waals surface area contributed by atoms with Gasteiger partial charge in [-0.3, -0.25) is 0 Å². The molecule has 0 bridgehead atoms. The molecule has 0 aliphatic carbocycles. The van der Waals surface area contributed by atoms with Crippen molar-refractivity contribution in [3.05, 3.63) is 65.7 Å². The van der Waals surface area contributed by atoms with Crippen LogP contribution < -0.4 is 0 Å². The van der Waals surface area contributed by atoms with Crippen molar-refractivity contribution < 1.29 is 10.2 Å². The Hall–Kier alpha value is -2.80. The van der Waals surface area contributed by atoms with E-state index in [1.807, 2.05) is 60.7 Å². The summed E-state index contributed by atoms with van der Waals surface area (Å²) >= 11 is 6.70. The van der Waals surface area contributed by atoms with Crippen molar-refractivity contribution in [2.24, 2.45) is 0 Å². The number of hydrogen-bond donors (Lipinski definition) is 2. The second kappa shape index (κ2) is 6.84. The Morgan fingerprint density at radius 2 is 1.42 bits per heavy atom. The van der Waals surface area contributed by atoms with Gasteiger partial charge >= 0.3 is 0 Å². The van der Waals surface area contributed by atoms with Crippen LogP contribution in [0.1, 0.15) is 0 Å². The summed E-state index contributed by atoms with van der Waals surface area (Å²) < 4.78 is 1.41. The summed E-state index contributed by atoms with van der Waals surface area (Å²) in [6.45, 7) is -0.126. The van der Waals surface area contributed by atoms with Crippen molar-refractivity contribution in [1.82, 2.24) is 20.0 Å². The van der Waals surface area contributed by atoms with E-state index in [1.54, 1.807) is 0 Å². The van der Waals surface area contributed by atoms with Gasteiger partial charge in [0.25, 0.3) is 0 Å². The van der Waals surface area contributed by atoms with E-state index in [1.165, 1.54) is 4.68 Å². The molecular formula is C19H15ClN4O2. The third-order valence-electron chi connectivity index (χ3n) is 4.03. The van der Waals surface area contributed by atoms with E-state index in [2.05, 4.69) is 15.3 Å². The summed E-state index contributed by atoms with van der Waals surface area (Å²) in [5.41, 5.74) is 3.29. The molecule has 26 heavy (non-hydrogen) atoms. The van der Waals surface area contributed by atoms with Crippen molar-refractivity contribution in [3.8, 4) is 22.5 Å². The van der Waals surface area contributed by atoms with Crippen LogP contribution in [0.5, 0.6) is 0 Å². The predicted octanol–water partition coefficient (Wildman–Crippen LogP) is 3.12. The monoisotopic (exact) mass is 366 g/mol. The summed E-state index contributed by atoms with van der Waals surface area (Å²) in [4.78, 5) is 0. The first kappa shape index (κ1) is 16.7. The van der Waals surface area contributed by atoms with Crippen LogP contribution in [-0.2, 0) is 6.54 Å². The largest absolute Gasteiger partial charge is 0.367 e. The van der Waals surface area contributed by atoms with Crippen molar-refractivity contribution in [2.75, 3.05) is 0 Å². The van der Waals surface area contributed by atoms with E-state index in [-0.39, 0.29) is 6.54 Å². The van der Waals surface area contributed by atoms with Gasteiger partial charge in [-0.2, -0.15) is 5.10 Å². The molecule has 2 N–H and O–H groups in total. The molecule has 0 saturated carbocycles. The summed E-state index contributed by atoms with van der Waals surface area (Å²) in [6, 6.07) is 19.1. The number of benzene rings is 2. The number of halogens is 1. The lowest BCUT2D eigenvalue weighted by molar-refractivity contribution is -0.0527. The van der Waals surface area contributed by atoms with E-state index in [0.29, 0.717) is 27.4 Å². The number of aliphatic hydroxyl groups excluding tert-OH is 1. The zero-order valence-electron chi connectivity index (χ0n) is 13.6. The number of aliphatic hydroxyl groups is 2. The molecule has 4 aromatic rings. The smallest absolute Gasteiger partial charge is 0.182 e. The molecule has 130 valence electrons. The SMILES string of the molecule is OC(O)Cn1nc(-c2ccccc2)c2c(Cl)c(-c3ccccc3)nnc21. The van der Waals surface area contributed by atoms with Gasteiger partial charge < -0.3 is 10.2 Å². The molecule has 6 nitrogen and oxygen atoms in total. The Balaban J connectivity index is 2.00. The van der Waals surface area contributed by atoms with Gasteiger partial charge in [-0.1, -0.05) is 72.3 Å². The minimum absolute atomic E-state index is 0.126. The van der Waals surface area contributed by atoms with Gasteiger partial charge in [0.2, 0.25) is 0 Å². The number of fused-ring (bicyclic) bond motifs is 1. The van der Waals surface area contributed by atoms with Crippen LogP contribution in [-0.4, -0.2) is 36.5 Å². The van der Waals surface area contributed by atoms with Crippen LogP contribution in [0, 0.1) is 0 Å². The molecule has 0 amide bonds. The summed E-state index contributed by atoms with van der Waals surface area (Å²) in [7, 11) is 0. The Bertz CT molecular complexity index is 1050. The van der Waals surface area contributed by atoms with Crippen LogP contribution in [0.4, 0.5) is 0 Å². The van der Waals surface area contributed by atoms with Crippen LogP contribution in [0.3, 0.4) is 0 Å². The molecule has 0 aliphatic rings. The number of aromatic nitrogens is 4. The van der Waals surface area contributed by atoms with Crippen molar-refractivity contribution in [1.29, 1.82) is 0 Å². The average Bonchev–Trinajstić information content (AvgIpc) is 3.02. The Morgan fingerprint density at radius 3 is 2.00 bits per heavy atom. The van der Waals surface area contributed by atoms with Gasteiger partial charge in [-0.25, -0.2) is 4.68 Å². The molecule has 4 rings (SSSR count). The third-order valence-corrected chi connectivity index (χ3v) is 4.40. The van der Waals surface area contributed by atoms with E-state index in [0.717, 1.165) is 11.1 Å². The van der Waals surface area contributed by atoms with Crippen LogP contribution in [0.2, 0.25) is 5.02 Å². The molecule has 2 aromatic carbocycles. The van der Waals surface area contributed by atoms with Crippen LogP contribution in [0.15, 0.2) is 60.7 Å². The minimum atomic E-state index is -1.56. The van der Waals surface area contributed by atoms with Gasteiger partial charge in [0.15, 0.2) is 11.9 Å². The normalized spacial score (nSPS) is 11.4. The van der Waals surface area contributed by atoms with Gasteiger partial charge in [-0.05, 0) is 0 Å². The maximum absolute atomic E-state index is 9.36. The quantitative estimate of drug-likeness (QED) is 0.542. The van der Waals surface area contributed by atoms with Crippen LogP contribution in [0.25, 0.3) is 33.5 Å². The maximum atomic E-state index is 9.36. The molecule has 0 saturated heterocycles. The minimum Gasteiger partial charge on any atom is -0.367 e. The third kappa shape index (κ3) is 2.94. The van der Waals surface area contributed by atoms with Crippen LogP contribution >= 0.6 is 11.6 Å². The zero-order chi connectivity index (χ0) is 18.1. The highest BCUT2D eigenvalue weighted by Gasteiger charge is 2.21. The second-order valence-electron chi connectivity index (χ2n) is 5.80. The number of rotatable bonds is 4. The molecular weight excluding hydrogens is 352 g/mol. The Kier molecular flexibility index (Phi) is 4.38. The van der Waals surface area contributed by atoms with Gasteiger partial charge in [-0.15, -0.1) is 10.2 Å². The molecule has 0 radical (unpaired) electrons. The number of hydrogen-bond acceptors (Lipinski definition) is 5. The molecule has 0 aliphatic heterocycles. The maximum Gasteiger partial charge on any atom is 0.182 e. The molecule has 2 aromatic heterocycles. The first-order valence-corrected chi connectivity index (χ1v) is 8.42. The van der Waals surface area contributed by atoms with Crippen molar-refractivity contribution in [2.45, 2.75) is 12.8 Å². The predicted molar refractivity (Wildman–Crippen MR) is 99.4 cm³/mol. The van der Waals surface area contributed by atoms with Gasteiger partial charge in [0, 0.05) is 11.1 Å². The molecule has 7 heteroatoms. The highest BCUT2D eigenvalue weighted by Crippen LogP contribution is 2.37. The first-order valence-electron chi connectivity index (χ1n) is 8.05. The van der Waals surface area contributed by atoms with E-state index in [4.69, 9.17) is 11.6 Å². The fourth-order valence-corrected chi connectivity index (χ4v) is 3.20. The van der Waals surface area contributed by atoms with E-state index >= 15 is 0 Å². The van der Waals surface area contributed by atoms with Crippen molar-refractivity contribution >= 4 is 22.6 Å². The summed E-state index contributed by atoms with van der Waals surface area (Å²) in [6.07, 6.45) is -1.56. The van der Waals surface area contributed by atoms with Gasteiger partial charge in [0.05, 0.1) is 17.0 Å². The standard InChI is InChI=1S/C19H15ClN4O2/c20-16-15-17(12-7-3-1-4-8-12)23-24(11-14(25)26)19(15)22-21-18(16)13-9-5-2-6-10-13/h1-10,14,25-26H,11H2. The average molecular weight is 367 g/mol. The lowest BCUT2D eigenvalue weighted by atomic mass is 10.1. The molecule has 0 spiro atoms. The molecule has 0 fully saturated rings. The topological polar surface area (TPSA) is 84.1 Å². The molecule has 0 unspecified atom stereocenters. The lowest BCUT2D eigenvalue weighted by Gasteiger charge is -2.06. The highest BCUT2D eigenvalue weighted by molar-refractivity contribution is 6.38. The van der Waals surface area contributed by atoms with E-state index < -0.39 is 6.29 Å². The molecule has 0 atom stereocenters. The Labute approximate surface area is 154 Å². The zero-order valence-corrected chi connectivity index (χ0v) is 14.4. The fourth-order valence-electron chi connectivity index (χ4n) is 2.88. The fraction of sp³-hybridized carbons (Fsp3) is 0.105. The van der Waals surface area contributed by atoms with E-state index in [9.17, 15) is 10.2 Å². The first-order chi connectivity index (χ1) is 12.6. The summed E-state index contributed by atoms with van der Waals surface area (Å²) in [5.74, 6) is 0. The van der Waals surface area contributed by atoms with Gasteiger partial charge in [0.1, 0.15) is 11.4 Å². The lowest BCUT2D eigenvalue weighted by Crippen LogP contribution is -2.16. The second-order valence-corrected chi connectivity index (χ2v) is 6.18. The Morgan fingerprint density at radius 1 is 0.846 bits per heavy atom. The summed E-state index contributed by atoms with van der Waals surface area (Å²) in [5, 5.41) is 32.8. The highest BCUT2D eigenvalue weighted by atomic mass is 35.5. The number of nitrogens with zero attached hydrogens (tertiary/aromatic N) is 4.